The van der Waals surface area contributed by atoms with E-state index >= 15 is 0 Å². The molecule has 0 aliphatic carbocycles. The molecule has 4 heteroatoms. The molecule has 0 spiro atoms. The minimum absolute atomic E-state index is 0.0889. The highest BCUT2D eigenvalue weighted by Crippen LogP contribution is 2.10. The van der Waals surface area contributed by atoms with Crippen LogP contribution < -0.4 is 0 Å². The third kappa shape index (κ3) is 7.49. The van der Waals surface area contributed by atoms with E-state index in [1.165, 1.54) is 24.2 Å². The molecule has 0 saturated carbocycles. The van der Waals surface area contributed by atoms with Crippen molar-refractivity contribution in [1.82, 2.24) is 4.90 Å². The molecule has 21 heavy (non-hydrogen) atoms. The molecule has 0 atom stereocenters. The number of benzene rings is 1. The highest BCUT2D eigenvalue weighted by molar-refractivity contribution is 5.92. The number of rotatable bonds is 6. The van der Waals surface area contributed by atoms with Crippen molar-refractivity contribution in [2.24, 2.45) is 0 Å². The van der Waals surface area contributed by atoms with E-state index in [0.29, 0.717) is 19.6 Å². The number of carbonyl (C=O) groups excluding carboxylic acids is 2. The summed E-state index contributed by atoms with van der Waals surface area (Å²) in [5.41, 5.74) is 0. The van der Waals surface area contributed by atoms with E-state index in [0.717, 1.165) is 12.8 Å². The van der Waals surface area contributed by atoms with Crippen LogP contribution in [-0.4, -0.2) is 30.1 Å². The maximum absolute atomic E-state index is 11.5. The predicted octanol–water partition coefficient (Wildman–Crippen LogP) is 4.01. The van der Waals surface area contributed by atoms with E-state index in [9.17, 15) is 9.59 Å². The van der Waals surface area contributed by atoms with Crippen molar-refractivity contribution < 1.29 is 14.3 Å². The second kappa shape index (κ2) is 10.9. The second-order valence-corrected chi connectivity index (χ2v) is 4.98. The molecule has 1 aromatic carbocycles. The molecule has 1 aliphatic rings. The first-order chi connectivity index (χ1) is 10.3. The van der Waals surface area contributed by atoms with Crippen molar-refractivity contribution in [1.29, 1.82) is 0 Å². The van der Waals surface area contributed by atoms with Gasteiger partial charge >= 0.3 is 6.09 Å². The van der Waals surface area contributed by atoms with Crippen LogP contribution in [0.5, 0.6) is 0 Å². The van der Waals surface area contributed by atoms with Gasteiger partial charge in [-0.05, 0) is 6.42 Å². The average Bonchev–Trinajstić information content (AvgIpc) is 2.95. The first-order valence-electron chi connectivity index (χ1n) is 7.73. The number of amides is 2. The molecule has 1 aromatic rings. The van der Waals surface area contributed by atoms with E-state index < -0.39 is 6.09 Å². The Bertz CT molecular complexity index is 379. The van der Waals surface area contributed by atoms with Crippen LogP contribution in [0.4, 0.5) is 4.79 Å². The van der Waals surface area contributed by atoms with Gasteiger partial charge in [-0.1, -0.05) is 69.0 Å². The Labute approximate surface area is 127 Å². The summed E-state index contributed by atoms with van der Waals surface area (Å²) in [6, 6.07) is 12.0. The molecule has 2 rings (SSSR count). The normalized spacial score (nSPS) is 13.4. The van der Waals surface area contributed by atoms with Crippen LogP contribution in [0.25, 0.3) is 0 Å². The van der Waals surface area contributed by atoms with Crippen LogP contribution in [0.3, 0.4) is 0 Å². The summed E-state index contributed by atoms with van der Waals surface area (Å²) in [5.74, 6) is -0.0889. The Balaban J connectivity index is 0.000000304. The molecule has 1 aliphatic heterocycles. The van der Waals surface area contributed by atoms with E-state index in [-0.39, 0.29) is 5.91 Å². The summed E-state index contributed by atoms with van der Waals surface area (Å²) in [6.45, 7) is 2.93. The van der Waals surface area contributed by atoms with E-state index in [1.807, 2.05) is 36.4 Å². The fourth-order valence-corrected chi connectivity index (χ4v) is 2.02. The molecule has 1 heterocycles. The number of hydrogen-bond donors (Lipinski definition) is 0. The molecule has 116 valence electrons. The van der Waals surface area contributed by atoms with Crippen molar-refractivity contribution in [2.75, 3.05) is 13.2 Å². The Morgan fingerprint density at radius 3 is 2.10 bits per heavy atom. The Morgan fingerprint density at radius 2 is 1.62 bits per heavy atom. The van der Waals surface area contributed by atoms with Gasteiger partial charge in [0.15, 0.2) is 0 Å². The highest BCUT2D eigenvalue weighted by atomic mass is 16.6. The molecule has 0 radical (unpaired) electrons. The van der Waals surface area contributed by atoms with Gasteiger partial charge in [-0.25, -0.2) is 9.69 Å². The number of ether oxygens (including phenoxy) is 1. The first kappa shape index (κ1) is 17.2. The molecule has 1 fully saturated rings. The van der Waals surface area contributed by atoms with Crippen LogP contribution in [0, 0.1) is 0 Å². The monoisotopic (exact) mass is 291 g/mol. The van der Waals surface area contributed by atoms with Gasteiger partial charge in [0.2, 0.25) is 5.91 Å². The van der Waals surface area contributed by atoms with Crippen molar-refractivity contribution in [3.05, 3.63) is 36.4 Å². The fraction of sp³-hybridized carbons (Fsp3) is 0.529. The standard InChI is InChI=1S/C11H19NO3.C6H6/c1-2-3-4-5-6-7-10(13)12-8-9-15-11(12)14;1-2-4-6-5-3-1/h2-9H2,1H3;1-6H. The zero-order chi connectivity index (χ0) is 15.3. The van der Waals surface area contributed by atoms with Crippen LogP contribution in [-0.2, 0) is 9.53 Å². The Morgan fingerprint density at radius 1 is 1.05 bits per heavy atom. The SMILES string of the molecule is CCCCCCCC(=O)N1CCOC1=O.c1ccccc1. The molecular weight excluding hydrogens is 266 g/mol. The summed E-state index contributed by atoms with van der Waals surface area (Å²) >= 11 is 0. The lowest BCUT2D eigenvalue weighted by Crippen LogP contribution is -2.31. The number of unbranched alkanes of at least 4 members (excludes halogenated alkanes) is 4. The fourth-order valence-electron chi connectivity index (χ4n) is 2.02. The van der Waals surface area contributed by atoms with E-state index in [1.54, 1.807) is 0 Å². The third-order valence-corrected chi connectivity index (χ3v) is 3.22. The number of cyclic esters (lactones) is 1. The summed E-state index contributed by atoms with van der Waals surface area (Å²) in [5, 5.41) is 0. The molecule has 0 unspecified atom stereocenters. The van der Waals surface area contributed by atoms with Crippen LogP contribution >= 0.6 is 0 Å². The predicted molar refractivity (Wildman–Crippen MR) is 82.9 cm³/mol. The summed E-state index contributed by atoms with van der Waals surface area (Å²) in [4.78, 5) is 23.8. The van der Waals surface area contributed by atoms with Gasteiger partial charge in [0.05, 0.1) is 6.54 Å². The molecule has 1 saturated heterocycles. The molecule has 4 nitrogen and oxygen atoms in total. The largest absolute Gasteiger partial charge is 0.447 e. The zero-order valence-electron chi connectivity index (χ0n) is 12.8. The van der Waals surface area contributed by atoms with E-state index in [4.69, 9.17) is 4.74 Å². The smallest absolute Gasteiger partial charge is 0.416 e. The van der Waals surface area contributed by atoms with Crippen LogP contribution in [0.15, 0.2) is 36.4 Å². The van der Waals surface area contributed by atoms with Gasteiger partial charge in [0.1, 0.15) is 6.61 Å². The van der Waals surface area contributed by atoms with Gasteiger partial charge in [0.25, 0.3) is 0 Å². The van der Waals surface area contributed by atoms with Crippen molar-refractivity contribution in [2.45, 2.75) is 45.4 Å². The zero-order valence-corrected chi connectivity index (χ0v) is 12.8. The average molecular weight is 291 g/mol. The van der Waals surface area contributed by atoms with Crippen LogP contribution in [0.2, 0.25) is 0 Å². The molecule has 0 aromatic heterocycles. The lowest BCUT2D eigenvalue weighted by Gasteiger charge is -2.09. The summed E-state index contributed by atoms with van der Waals surface area (Å²) in [7, 11) is 0. The molecule has 2 amide bonds. The number of hydrogen-bond acceptors (Lipinski definition) is 3. The first-order valence-corrected chi connectivity index (χ1v) is 7.73. The van der Waals surface area contributed by atoms with Crippen molar-refractivity contribution in [3.8, 4) is 0 Å². The van der Waals surface area contributed by atoms with Crippen LogP contribution in [0.1, 0.15) is 45.4 Å². The Hall–Kier alpha value is -1.84. The van der Waals surface area contributed by atoms with Gasteiger partial charge in [-0.15, -0.1) is 0 Å². The maximum atomic E-state index is 11.5. The molecule has 0 N–H and O–H groups in total. The number of nitrogens with zero attached hydrogens (tertiary/aromatic N) is 1. The summed E-state index contributed by atoms with van der Waals surface area (Å²) < 4.78 is 4.70. The van der Waals surface area contributed by atoms with Gasteiger partial charge in [-0.2, -0.15) is 0 Å². The molecular formula is C17H25NO3. The second-order valence-electron chi connectivity index (χ2n) is 4.98. The quantitative estimate of drug-likeness (QED) is 0.744. The van der Waals surface area contributed by atoms with Crippen molar-refractivity contribution >= 4 is 12.0 Å². The van der Waals surface area contributed by atoms with Gasteiger partial charge in [-0.3, -0.25) is 4.79 Å². The van der Waals surface area contributed by atoms with Crippen molar-refractivity contribution in [3.63, 3.8) is 0 Å². The lowest BCUT2D eigenvalue weighted by atomic mass is 10.1. The number of carbonyl (C=O) groups is 2. The van der Waals surface area contributed by atoms with Gasteiger partial charge in [0, 0.05) is 6.42 Å². The number of imide groups is 1. The lowest BCUT2D eigenvalue weighted by molar-refractivity contribution is -0.127. The topological polar surface area (TPSA) is 46.6 Å². The van der Waals surface area contributed by atoms with E-state index in [2.05, 4.69) is 6.92 Å². The minimum atomic E-state index is -0.478. The minimum Gasteiger partial charge on any atom is -0.447 e. The molecule has 0 bridgehead atoms. The highest BCUT2D eigenvalue weighted by Gasteiger charge is 2.27. The third-order valence-electron chi connectivity index (χ3n) is 3.22. The van der Waals surface area contributed by atoms with Gasteiger partial charge < -0.3 is 4.74 Å². The Kier molecular flexibility index (Phi) is 8.93. The summed E-state index contributed by atoms with van der Waals surface area (Å²) in [6.07, 6.45) is 5.54. The maximum Gasteiger partial charge on any atom is 0.416 e.